The summed E-state index contributed by atoms with van der Waals surface area (Å²) in [5.74, 6) is -0.370. The van der Waals surface area contributed by atoms with Gasteiger partial charge in [-0.05, 0) is 38.5 Å². The zero-order valence-corrected chi connectivity index (χ0v) is 13.3. The molecule has 0 unspecified atom stereocenters. The Morgan fingerprint density at radius 3 is 2.67 bits per heavy atom. The third kappa shape index (κ3) is 4.03. The molecule has 1 amide bonds. The van der Waals surface area contributed by atoms with Crippen molar-refractivity contribution in [1.82, 2.24) is 10.3 Å². The summed E-state index contributed by atoms with van der Waals surface area (Å²) in [7, 11) is 0. The maximum Gasteiger partial charge on any atom is 0.311 e. The minimum absolute atomic E-state index is 0.153. The number of aryl methyl sites for hydroxylation is 1. The summed E-state index contributed by atoms with van der Waals surface area (Å²) in [6, 6.07) is 0. The van der Waals surface area contributed by atoms with E-state index < -0.39 is 11.4 Å². The van der Waals surface area contributed by atoms with E-state index in [0.717, 1.165) is 23.5 Å². The van der Waals surface area contributed by atoms with Crippen molar-refractivity contribution in [2.24, 2.45) is 11.3 Å². The number of carboxylic acids is 1. The molecular formula is C15H22N2O3S. The topological polar surface area (TPSA) is 79.3 Å². The second kappa shape index (κ2) is 6.56. The highest BCUT2D eigenvalue weighted by molar-refractivity contribution is 7.09. The first-order valence-electron chi connectivity index (χ1n) is 7.32. The Morgan fingerprint density at radius 2 is 2.14 bits per heavy atom. The van der Waals surface area contributed by atoms with Crippen LogP contribution in [0.5, 0.6) is 0 Å². The van der Waals surface area contributed by atoms with Crippen LogP contribution in [0.15, 0.2) is 5.38 Å². The third-order valence-electron chi connectivity index (χ3n) is 4.32. The second-order valence-corrected chi connectivity index (χ2v) is 7.14. The summed E-state index contributed by atoms with van der Waals surface area (Å²) in [6.07, 6.45) is 3.32. The molecule has 6 heteroatoms. The molecule has 5 nitrogen and oxygen atoms in total. The number of carbonyl (C=O) groups is 2. The summed E-state index contributed by atoms with van der Waals surface area (Å²) in [5, 5.41) is 15.1. The molecule has 0 aromatic carbocycles. The van der Waals surface area contributed by atoms with Crippen LogP contribution >= 0.6 is 11.3 Å². The van der Waals surface area contributed by atoms with Crippen LogP contribution in [0.25, 0.3) is 0 Å². The molecule has 1 fully saturated rings. The van der Waals surface area contributed by atoms with Gasteiger partial charge >= 0.3 is 5.97 Å². The van der Waals surface area contributed by atoms with E-state index >= 15 is 0 Å². The molecule has 1 aliphatic rings. The lowest BCUT2D eigenvalue weighted by atomic mass is 9.71. The molecule has 0 saturated heterocycles. The fourth-order valence-corrected chi connectivity index (χ4v) is 3.38. The van der Waals surface area contributed by atoms with Crippen molar-refractivity contribution in [3.8, 4) is 0 Å². The summed E-state index contributed by atoms with van der Waals surface area (Å²) in [6.45, 7) is 4.26. The lowest BCUT2D eigenvalue weighted by Gasteiger charge is -2.35. The number of amides is 1. The number of hydrogen-bond acceptors (Lipinski definition) is 4. The van der Waals surface area contributed by atoms with E-state index in [2.05, 4.69) is 17.2 Å². The van der Waals surface area contributed by atoms with Crippen LogP contribution in [-0.2, 0) is 16.0 Å². The Balaban J connectivity index is 1.90. The Morgan fingerprint density at radius 1 is 1.48 bits per heavy atom. The highest BCUT2D eigenvalue weighted by Crippen LogP contribution is 2.38. The highest BCUT2D eigenvalue weighted by atomic mass is 32.1. The maximum absolute atomic E-state index is 12.0. The second-order valence-electron chi connectivity index (χ2n) is 6.08. The van der Waals surface area contributed by atoms with Crippen LogP contribution < -0.4 is 5.32 Å². The van der Waals surface area contributed by atoms with Gasteiger partial charge in [-0.2, -0.15) is 0 Å². The number of aliphatic carboxylic acids is 1. The standard InChI is InChI=1S/C15H22N2O3S/c1-10-3-5-15(6-4-10,14(19)20)9-16-13(18)7-12-8-21-11(2)17-12/h8,10H,3-7,9H2,1-2H3,(H,16,18)(H,19,20). The van der Waals surface area contributed by atoms with Gasteiger partial charge < -0.3 is 10.4 Å². The Hall–Kier alpha value is -1.43. The molecule has 2 rings (SSSR count). The smallest absolute Gasteiger partial charge is 0.311 e. The molecule has 1 aromatic rings. The average Bonchev–Trinajstić information content (AvgIpc) is 2.83. The molecule has 0 radical (unpaired) electrons. The summed E-state index contributed by atoms with van der Waals surface area (Å²) >= 11 is 1.51. The van der Waals surface area contributed by atoms with E-state index in [1.54, 1.807) is 0 Å². The molecular weight excluding hydrogens is 288 g/mol. The van der Waals surface area contributed by atoms with Crippen LogP contribution in [0, 0.1) is 18.3 Å². The zero-order chi connectivity index (χ0) is 15.5. The van der Waals surface area contributed by atoms with Gasteiger partial charge in [-0.1, -0.05) is 6.92 Å². The predicted molar refractivity (Wildman–Crippen MR) is 81.3 cm³/mol. The molecule has 0 atom stereocenters. The summed E-state index contributed by atoms with van der Waals surface area (Å²) in [5.41, 5.74) is -0.0446. The molecule has 1 aromatic heterocycles. The van der Waals surface area contributed by atoms with Gasteiger partial charge in [-0.3, -0.25) is 9.59 Å². The van der Waals surface area contributed by atoms with Crippen molar-refractivity contribution in [1.29, 1.82) is 0 Å². The number of carbonyl (C=O) groups excluding carboxylic acids is 1. The molecule has 1 aliphatic carbocycles. The normalized spacial score (nSPS) is 25.5. The van der Waals surface area contributed by atoms with Gasteiger partial charge in [0.25, 0.3) is 0 Å². The van der Waals surface area contributed by atoms with Crippen LogP contribution in [-0.4, -0.2) is 28.5 Å². The average molecular weight is 310 g/mol. The molecule has 21 heavy (non-hydrogen) atoms. The number of nitrogens with zero attached hydrogens (tertiary/aromatic N) is 1. The van der Waals surface area contributed by atoms with Crippen molar-refractivity contribution >= 4 is 23.2 Å². The Labute approximate surface area is 128 Å². The van der Waals surface area contributed by atoms with Gasteiger partial charge in [0.2, 0.25) is 5.91 Å². The Kier molecular flexibility index (Phi) is 4.98. The first-order valence-corrected chi connectivity index (χ1v) is 8.20. The van der Waals surface area contributed by atoms with E-state index in [1.807, 2.05) is 12.3 Å². The number of aromatic nitrogens is 1. The van der Waals surface area contributed by atoms with Crippen molar-refractivity contribution in [3.63, 3.8) is 0 Å². The lowest BCUT2D eigenvalue weighted by Crippen LogP contribution is -2.45. The molecule has 0 aliphatic heterocycles. The number of rotatable bonds is 5. The fraction of sp³-hybridized carbons (Fsp3) is 0.667. The minimum Gasteiger partial charge on any atom is -0.481 e. The first kappa shape index (κ1) is 15.9. The molecule has 2 N–H and O–H groups in total. The SMILES string of the molecule is Cc1nc(CC(=O)NCC2(C(=O)O)CCC(C)CC2)cs1. The third-order valence-corrected chi connectivity index (χ3v) is 5.14. The highest BCUT2D eigenvalue weighted by Gasteiger charge is 2.41. The first-order chi connectivity index (χ1) is 9.91. The van der Waals surface area contributed by atoms with Gasteiger partial charge in [0, 0.05) is 11.9 Å². The number of hydrogen-bond donors (Lipinski definition) is 2. The van der Waals surface area contributed by atoms with Crippen molar-refractivity contribution in [2.75, 3.05) is 6.54 Å². The van der Waals surface area contributed by atoms with E-state index in [1.165, 1.54) is 11.3 Å². The summed E-state index contributed by atoms with van der Waals surface area (Å²) < 4.78 is 0. The molecule has 1 saturated carbocycles. The molecule has 1 heterocycles. The maximum atomic E-state index is 12.0. The van der Waals surface area contributed by atoms with E-state index in [4.69, 9.17) is 0 Å². The van der Waals surface area contributed by atoms with Crippen LogP contribution in [0.2, 0.25) is 0 Å². The minimum atomic E-state index is -0.792. The monoisotopic (exact) mass is 310 g/mol. The molecule has 0 bridgehead atoms. The van der Waals surface area contributed by atoms with Gasteiger partial charge in [-0.25, -0.2) is 4.98 Å². The van der Waals surface area contributed by atoms with Gasteiger partial charge in [0.15, 0.2) is 0 Å². The largest absolute Gasteiger partial charge is 0.481 e. The molecule has 116 valence electrons. The van der Waals surface area contributed by atoms with E-state index in [-0.39, 0.29) is 18.9 Å². The fourth-order valence-electron chi connectivity index (χ4n) is 2.77. The van der Waals surface area contributed by atoms with E-state index in [0.29, 0.717) is 18.8 Å². The quantitative estimate of drug-likeness (QED) is 0.875. The number of carboxylic acid groups (broad SMARTS) is 1. The van der Waals surface area contributed by atoms with Crippen molar-refractivity contribution in [2.45, 2.75) is 46.0 Å². The van der Waals surface area contributed by atoms with Crippen molar-refractivity contribution in [3.05, 3.63) is 16.1 Å². The van der Waals surface area contributed by atoms with Gasteiger partial charge in [0.1, 0.15) is 0 Å². The Bertz CT molecular complexity index is 519. The van der Waals surface area contributed by atoms with Crippen LogP contribution in [0.3, 0.4) is 0 Å². The van der Waals surface area contributed by atoms with Gasteiger partial charge in [-0.15, -0.1) is 11.3 Å². The zero-order valence-electron chi connectivity index (χ0n) is 12.5. The number of thiazole rings is 1. The number of nitrogens with one attached hydrogen (secondary N) is 1. The lowest BCUT2D eigenvalue weighted by molar-refractivity contribution is -0.151. The molecule has 0 spiro atoms. The van der Waals surface area contributed by atoms with Gasteiger partial charge in [0.05, 0.1) is 22.5 Å². The summed E-state index contributed by atoms with van der Waals surface area (Å²) in [4.78, 5) is 27.8. The van der Waals surface area contributed by atoms with Crippen LogP contribution in [0.1, 0.15) is 43.3 Å². The van der Waals surface area contributed by atoms with Crippen LogP contribution in [0.4, 0.5) is 0 Å². The van der Waals surface area contributed by atoms with E-state index in [9.17, 15) is 14.7 Å². The predicted octanol–water partition coefficient (Wildman–Crippen LogP) is 2.39. The van der Waals surface area contributed by atoms with Crippen molar-refractivity contribution < 1.29 is 14.7 Å².